The average Bonchev–Trinajstić information content (AvgIpc) is 2.74. The summed E-state index contributed by atoms with van der Waals surface area (Å²) in [6.45, 7) is 4.43. The number of amides is 1. The van der Waals surface area contributed by atoms with E-state index < -0.39 is 5.97 Å². The highest BCUT2D eigenvalue weighted by molar-refractivity contribution is 5.96. The van der Waals surface area contributed by atoms with Crippen molar-refractivity contribution in [2.75, 3.05) is 50.1 Å². The van der Waals surface area contributed by atoms with E-state index in [0.717, 1.165) is 0 Å². The number of anilines is 3. The second-order valence-electron chi connectivity index (χ2n) is 5.97. The van der Waals surface area contributed by atoms with Crippen molar-refractivity contribution in [1.29, 1.82) is 0 Å². The van der Waals surface area contributed by atoms with E-state index in [0.29, 0.717) is 49.9 Å². The summed E-state index contributed by atoms with van der Waals surface area (Å²) < 4.78 is 9.82. The summed E-state index contributed by atoms with van der Waals surface area (Å²) in [4.78, 5) is 31.9. The lowest BCUT2D eigenvalue weighted by Crippen LogP contribution is -2.49. The molecule has 1 N–H and O–H groups in total. The van der Waals surface area contributed by atoms with Crippen LogP contribution in [0.15, 0.2) is 30.5 Å². The maximum Gasteiger partial charge on any atom is 0.409 e. The summed E-state index contributed by atoms with van der Waals surface area (Å²) >= 11 is 0. The van der Waals surface area contributed by atoms with E-state index in [-0.39, 0.29) is 12.0 Å². The molecule has 0 atom stereocenters. The van der Waals surface area contributed by atoms with E-state index in [1.165, 1.54) is 7.11 Å². The molecule has 1 aliphatic heterocycles. The zero-order valence-corrected chi connectivity index (χ0v) is 15.8. The highest BCUT2D eigenvalue weighted by Gasteiger charge is 2.23. The van der Waals surface area contributed by atoms with E-state index in [9.17, 15) is 9.59 Å². The number of carbonyl (C=O) groups is 2. The zero-order valence-electron chi connectivity index (χ0n) is 15.8. The second-order valence-corrected chi connectivity index (χ2v) is 5.97. The number of hydrogen-bond donors (Lipinski definition) is 1. The lowest BCUT2D eigenvalue weighted by molar-refractivity contribution is 0.0601. The van der Waals surface area contributed by atoms with Gasteiger partial charge in [-0.15, -0.1) is 5.10 Å². The molecule has 0 aliphatic carbocycles. The molecule has 1 aliphatic rings. The summed E-state index contributed by atoms with van der Waals surface area (Å²) in [6.07, 6.45) is 1.27. The minimum absolute atomic E-state index is 0.265. The first-order valence-corrected chi connectivity index (χ1v) is 8.93. The minimum Gasteiger partial charge on any atom is -0.465 e. The highest BCUT2D eigenvalue weighted by Crippen LogP contribution is 2.21. The van der Waals surface area contributed by atoms with E-state index in [2.05, 4.69) is 20.5 Å². The Balaban J connectivity index is 1.69. The SMILES string of the molecule is CCOC(=O)N1CCN(c2cnnc(Nc3ccccc3C(=O)OC)n2)CC1. The molecule has 1 aromatic carbocycles. The van der Waals surface area contributed by atoms with Gasteiger partial charge in [-0.3, -0.25) is 0 Å². The largest absolute Gasteiger partial charge is 0.465 e. The van der Waals surface area contributed by atoms with Crippen LogP contribution >= 0.6 is 0 Å². The number of benzene rings is 1. The molecule has 0 saturated carbocycles. The Labute approximate surface area is 162 Å². The Bertz CT molecular complexity index is 838. The molecule has 2 aromatic rings. The number of nitrogens with one attached hydrogen (secondary N) is 1. The maximum absolute atomic E-state index is 11.9. The van der Waals surface area contributed by atoms with Gasteiger partial charge in [0.25, 0.3) is 0 Å². The lowest BCUT2D eigenvalue weighted by atomic mass is 10.2. The van der Waals surface area contributed by atoms with Crippen LogP contribution in [0.2, 0.25) is 0 Å². The third-order valence-corrected chi connectivity index (χ3v) is 4.25. The zero-order chi connectivity index (χ0) is 19.9. The van der Waals surface area contributed by atoms with Crippen LogP contribution in [0, 0.1) is 0 Å². The summed E-state index contributed by atoms with van der Waals surface area (Å²) in [5.74, 6) is 0.445. The quantitative estimate of drug-likeness (QED) is 0.767. The van der Waals surface area contributed by atoms with Crippen LogP contribution in [0.5, 0.6) is 0 Å². The predicted octanol–water partition coefficient (Wildman–Crippen LogP) is 1.68. The fourth-order valence-electron chi connectivity index (χ4n) is 2.83. The van der Waals surface area contributed by atoms with Crippen LogP contribution in [-0.2, 0) is 9.47 Å². The molecule has 0 spiro atoms. The van der Waals surface area contributed by atoms with Gasteiger partial charge in [0, 0.05) is 26.2 Å². The van der Waals surface area contributed by atoms with Crippen molar-refractivity contribution in [3.63, 3.8) is 0 Å². The first kappa shape index (κ1) is 19.3. The second kappa shape index (κ2) is 8.98. The number of esters is 1. The smallest absolute Gasteiger partial charge is 0.409 e. The van der Waals surface area contributed by atoms with Crippen molar-refractivity contribution in [2.24, 2.45) is 0 Å². The molecule has 10 heteroatoms. The van der Waals surface area contributed by atoms with Crippen LogP contribution < -0.4 is 10.2 Å². The van der Waals surface area contributed by atoms with Crippen LogP contribution in [-0.4, -0.2) is 72.0 Å². The van der Waals surface area contributed by atoms with E-state index in [1.54, 1.807) is 42.3 Å². The van der Waals surface area contributed by atoms with Gasteiger partial charge in [-0.2, -0.15) is 10.1 Å². The first-order valence-electron chi connectivity index (χ1n) is 8.93. The third-order valence-electron chi connectivity index (χ3n) is 4.25. The van der Waals surface area contributed by atoms with Crippen LogP contribution in [0.3, 0.4) is 0 Å². The molecular formula is C18H22N6O4. The molecule has 3 rings (SSSR count). The highest BCUT2D eigenvalue weighted by atomic mass is 16.6. The topological polar surface area (TPSA) is 110 Å². The number of rotatable bonds is 5. The van der Waals surface area contributed by atoms with Crippen molar-refractivity contribution in [1.82, 2.24) is 20.1 Å². The number of ether oxygens (including phenoxy) is 2. The minimum atomic E-state index is -0.456. The molecule has 148 valence electrons. The van der Waals surface area contributed by atoms with Gasteiger partial charge in [0.1, 0.15) is 0 Å². The van der Waals surface area contributed by atoms with Gasteiger partial charge in [-0.1, -0.05) is 12.1 Å². The van der Waals surface area contributed by atoms with Crippen molar-refractivity contribution in [2.45, 2.75) is 6.92 Å². The first-order chi connectivity index (χ1) is 13.6. The molecule has 28 heavy (non-hydrogen) atoms. The van der Waals surface area contributed by atoms with Gasteiger partial charge in [0.15, 0.2) is 5.82 Å². The molecule has 1 amide bonds. The molecule has 0 unspecified atom stereocenters. The predicted molar refractivity (Wildman–Crippen MR) is 102 cm³/mol. The van der Waals surface area contributed by atoms with E-state index in [4.69, 9.17) is 9.47 Å². The van der Waals surface area contributed by atoms with Crippen molar-refractivity contribution in [3.05, 3.63) is 36.0 Å². The van der Waals surface area contributed by atoms with E-state index in [1.807, 2.05) is 4.90 Å². The summed E-state index contributed by atoms with van der Waals surface area (Å²) in [7, 11) is 1.33. The fourth-order valence-corrected chi connectivity index (χ4v) is 2.83. The molecule has 1 fully saturated rings. The molecule has 0 bridgehead atoms. The Morgan fingerprint density at radius 3 is 2.64 bits per heavy atom. The Morgan fingerprint density at radius 1 is 1.18 bits per heavy atom. The van der Waals surface area contributed by atoms with Gasteiger partial charge in [-0.05, 0) is 19.1 Å². The number of nitrogens with zero attached hydrogens (tertiary/aromatic N) is 5. The number of hydrogen-bond acceptors (Lipinski definition) is 9. The Hall–Kier alpha value is -3.43. The Morgan fingerprint density at radius 2 is 1.93 bits per heavy atom. The van der Waals surface area contributed by atoms with E-state index >= 15 is 0 Å². The van der Waals surface area contributed by atoms with Crippen LogP contribution in [0.25, 0.3) is 0 Å². The maximum atomic E-state index is 11.9. The summed E-state index contributed by atoms with van der Waals surface area (Å²) in [5, 5.41) is 11.0. The van der Waals surface area contributed by atoms with Gasteiger partial charge >= 0.3 is 12.1 Å². The summed E-state index contributed by atoms with van der Waals surface area (Å²) in [6, 6.07) is 6.93. The van der Waals surface area contributed by atoms with Crippen LogP contribution in [0.4, 0.5) is 22.2 Å². The van der Waals surface area contributed by atoms with Gasteiger partial charge < -0.3 is 24.6 Å². The molecule has 2 heterocycles. The average molecular weight is 386 g/mol. The Kier molecular flexibility index (Phi) is 6.20. The number of aromatic nitrogens is 3. The van der Waals surface area contributed by atoms with Gasteiger partial charge in [0.05, 0.1) is 31.2 Å². The molecule has 0 radical (unpaired) electrons. The monoisotopic (exact) mass is 386 g/mol. The number of para-hydroxylation sites is 1. The third kappa shape index (κ3) is 4.45. The van der Waals surface area contributed by atoms with Gasteiger partial charge in [0.2, 0.25) is 5.95 Å². The summed E-state index contributed by atoms with van der Waals surface area (Å²) in [5.41, 5.74) is 0.905. The molecule has 1 saturated heterocycles. The van der Waals surface area contributed by atoms with Gasteiger partial charge in [-0.25, -0.2) is 9.59 Å². The number of methoxy groups -OCH3 is 1. The van der Waals surface area contributed by atoms with Crippen LogP contribution in [0.1, 0.15) is 17.3 Å². The number of piperazine rings is 1. The lowest BCUT2D eigenvalue weighted by Gasteiger charge is -2.34. The standard InChI is InChI=1S/C18H22N6O4/c1-3-28-18(26)24-10-8-23(9-11-24)15-12-19-22-17(21-15)20-14-7-5-4-6-13(14)16(25)27-2/h4-7,12H,3,8-11H2,1-2H3,(H,20,21,22). The fraction of sp³-hybridized carbons (Fsp3) is 0.389. The normalized spacial score (nSPS) is 13.8. The molecule has 1 aromatic heterocycles. The van der Waals surface area contributed by atoms with Crippen molar-refractivity contribution >= 4 is 29.5 Å². The molecular weight excluding hydrogens is 364 g/mol. The number of carbonyl (C=O) groups excluding carboxylic acids is 2. The van der Waals surface area contributed by atoms with Crippen molar-refractivity contribution in [3.8, 4) is 0 Å². The molecule has 10 nitrogen and oxygen atoms in total. The van der Waals surface area contributed by atoms with Crippen molar-refractivity contribution < 1.29 is 19.1 Å².